The lowest BCUT2D eigenvalue weighted by molar-refractivity contribution is -0.131. The van der Waals surface area contributed by atoms with E-state index in [1.54, 1.807) is 4.90 Å². The summed E-state index contributed by atoms with van der Waals surface area (Å²) in [5.41, 5.74) is 0. The molecule has 0 aromatic rings. The Morgan fingerprint density at radius 1 is 1.00 bits per heavy atom. The van der Waals surface area contributed by atoms with Crippen LogP contribution in [0.15, 0.2) is 0 Å². The zero-order valence-electron chi connectivity index (χ0n) is 10.3. The van der Waals surface area contributed by atoms with E-state index in [9.17, 15) is 15.0 Å². The molecule has 2 fully saturated rings. The first kappa shape index (κ1) is 12.8. The number of hydrogen-bond donors (Lipinski definition) is 2. The van der Waals surface area contributed by atoms with Crippen LogP contribution >= 0.6 is 0 Å². The molecule has 1 saturated carbocycles. The molecule has 2 aliphatic rings. The van der Waals surface area contributed by atoms with Gasteiger partial charge in [0, 0.05) is 19.5 Å². The predicted octanol–water partition coefficient (Wildman–Crippen LogP) is 0.911. The molecule has 1 aliphatic carbocycles. The van der Waals surface area contributed by atoms with Crippen LogP contribution in [0, 0.1) is 5.92 Å². The van der Waals surface area contributed by atoms with Gasteiger partial charge in [0.25, 0.3) is 0 Å². The summed E-state index contributed by atoms with van der Waals surface area (Å²) < 4.78 is 0. The number of β-amino-alcohol motifs (C(OH)–C–C–N with tert-alkyl or cyclic N) is 2. The third kappa shape index (κ3) is 3.42. The van der Waals surface area contributed by atoms with Crippen molar-refractivity contribution >= 4 is 5.91 Å². The Balaban J connectivity index is 1.80. The first-order chi connectivity index (χ1) is 8.16. The fraction of sp³-hybridized carbons (Fsp3) is 0.923. The standard InChI is InChI=1S/C13H23NO3/c15-11-8-14(9-12(11)16)13(17)7-10-5-3-1-2-4-6-10/h10-12,15-16H,1-9H2/t11-,12+. The molecule has 2 N–H and O–H groups in total. The number of aliphatic hydroxyl groups excluding tert-OH is 2. The highest BCUT2D eigenvalue weighted by atomic mass is 16.3. The van der Waals surface area contributed by atoms with Crippen molar-refractivity contribution in [2.75, 3.05) is 13.1 Å². The number of aliphatic hydroxyl groups is 2. The van der Waals surface area contributed by atoms with Crippen molar-refractivity contribution in [3.63, 3.8) is 0 Å². The highest BCUT2D eigenvalue weighted by molar-refractivity contribution is 5.76. The predicted molar refractivity (Wildman–Crippen MR) is 64.4 cm³/mol. The largest absolute Gasteiger partial charge is 0.388 e. The highest BCUT2D eigenvalue weighted by Crippen LogP contribution is 2.26. The van der Waals surface area contributed by atoms with E-state index < -0.39 is 12.2 Å². The first-order valence-electron chi connectivity index (χ1n) is 6.80. The van der Waals surface area contributed by atoms with Crippen molar-refractivity contribution in [3.8, 4) is 0 Å². The monoisotopic (exact) mass is 241 g/mol. The van der Waals surface area contributed by atoms with E-state index in [1.165, 1.54) is 25.7 Å². The quantitative estimate of drug-likeness (QED) is 0.706. The molecule has 2 rings (SSSR count). The van der Waals surface area contributed by atoms with Crippen LogP contribution in [0.1, 0.15) is 44.9 Å². The smallest absolute Gasteiger partial charge is 0.223 e. The Bertz CT molecular complexity index is 251. The van der Waals surface area contributed by atoms with Crippen LogP contribution in [0.2, 0.25) is 0 Å². The van der Waals surface area contributed by atoms with Gasteiger partial charge in [-0.15, -0.1) is 0 Å². The minimum absolute atomic E-state index is 0.104. The van der Waals surface area contributed by atoms with Crippen LogP contribution in [0.3, 0.4) is 0 Å². The Labute approximate surface area is 103 Å². The van der Waals surface area contributed by atoms with Crippen LogP contribution in [0.4, 0.5) is 0 Å². The van der Waals surface area contributed by atoms with E-state index in [2.05, 4.69) is 0 Å². The summed E-state index contributed by atoms with van der Waals surface area (Å²) in [7, 11) is 0. The number of carbonyl (C=O) groups excluding carboxylic acids is 1. The van der Waals surface area contributed by atoms with Crippen LogP contribution in [-0.2, 0) is 4.79 Å². The van der Waals surface area contributed by atoms with Crippen LogP contribution in [-0.4, -0.2) is 46.3 Å². The molecule has 0 spiro atoms. The fourth-order valence-electron chi connectivity index (χ4n) is 2.92. The van der Waals surface area contributed by atoms with Gasteiger partial charge < -0.3 is 15.1 Å². The van der Waals surface area contributed by atoms with Gasteiger partial charge in [-0.3, -0.25) is 4.79 Å². The Hall–Kier alpha value is -0.610. The van der Waals surface area contributed by atoms with Crippen molar-refractivity contribution in [1.82, 2.24) is 4.90 Å². The molecule has 4 nitrogen and oxygen atoms in total. The van der Waals surface area contributed by atoms with Gasteiger partial charge in [-0.05, 0) is 18.8 Å². The van der Waals surface area contributed by atoms with Gasteiger partial charge in [0.2, 0.25) is 5.91 Å². The van der Waals surface area contributed by atoms with Crippen molar-refractivity contribution < 1.29 is 15.0 Å². The average molecular weight is 241 g/mol. The molecular formula is C13H23NO3. The van der Waals surface area contributed by atoms with Gasteiger partial charge in [0.1, 0.15) is 0 Å². The molecule has 0 bridgehead atoms. The Morgan fingerprint density at radius 3 is 2.06 bits per heavy atom. The van der Waals surface area contributed by atoms with Crippen molar-refractivity contribution in [2.24, 2.45) is 5.92 Å². The zero-order valence-corrected chi connectivity index (χ0v) is 10.3. The maximum Gasteiger partial charge on any atom is 0.223 e. The molecule has 2 atom stereocenters. The number of likely N-dealkylation sites (tertiary alicyclic amines) is 1. The van der Waals surface area contributed by atoms with Gasteiger partial charge >= 0.3 is 0 Å². The molecule has 98 valence electrons. The topological polar surface area (TPSA) is 60.8 Å². The summed E-state index contributed by atoms with van der Waals surface area (Å²) in [6.07, 6.45) is 6.47. The summed E-state index contributed by atoms with van der Waals surface area (Å²) in [5.74, 6) is 0.618. The lowest BCUT2D eigenvalue weighted by Gasteiger charge is -2.19. The number of hydrogen-bond acceptors (Lipinski definition) is 3. The molecule has 0 radical (unpaired) electrons. The number of carbonyl (C=O) groups is 1. The molecule has 0 unspecified atom stereocenters. The second-order valence-corrected chi connectivity index (χ2v) is 5.50. The maximum atomic E-state index is 12.0. The first-order valence-corrected chi connectivity index (χ1v) is 6.80. The van der Waals surface area contributed by atoms with Crippen molar-refractivity contribution in [1.29, 1.82) is 0 Å². The van der Waals surface area contributed by atoms with E-state index >= 15 is 0 Å². The summed E-state index contributed by atoms with van der Waals surface area (Å²) in [6, 6.07) is 0. The maximum absolute atomic E-state index is 12.0. The highest BCUT2D eigenvalue weighted by Gasteiger charge is 2.33. The molecule has 1 amide bonds. The minimum Gasteiger partial charge on any atom is -0.388 e. The van der Waals surface area contributed by atoms with Gasteiger partial charge in [0.15, 0.2) is 0 Å². The molecule has 0 aromatic carbocycles. The SMILES string of the molecule is O=C(CC1CCCCCC1)N1C[C@@H](O)[C@@H](O)C1. The van der Waals surface area contributed by atoms with E-state index in [0.717, 1.165) is 12.8 Å². The third-order valence-electron chi connectivity index (χ3n) is 4.05. The van der Waals surface area contributed by atoms with E-state index in [1.807, 2.05) is 0 Å². The number of nitrogens with zero attached hydrogens (tertiary/aromatic N) is 1. The minimum atomic E-state index is -0.756. The number of amides is 1. The summed E-state index contributed by atoms with van der Waals surface area (Å²) in [5, 5.41) is 18.8. The normalized spacial score (nSPS) is 31.5. The molecule has 1 aliphatic heterocycles. The van der Waals surface area contributed by atoms with E-state index in [0.29, 0.717) is 25.4 Å². The van der Waals surface area contributed by atoms with Crippen LogP contribution < -0.4 is 0 Å². The van der Waals surface area contributed by atoms with Gasteiger partial charge in [-0.25, -0.2) is 0 Å². The van der Waals surface area contributed by atoms with Crippen LogP contribution in [0.25, 0.3) is 0 Å². The van der Waals surface area contributed by atoms with Crippen molar-refractivity contribution in [2.45, 2.75) is 57.2 Å². The molecule has 1 heterocycles. The molecular weight excluding hydrogens is 218 g/mol. The second-order valence-electron chi connectivity index (χ2n) is 5.50. The van der Waals surface area contributed by atoms with E-state index in [-0.39, 0.29) is 5.91 Å². The summed E-state index contributed by atoms with van der Waals surface area (Å²) in [6.45, 7) is 0.597. The molecule has 1 saturated heterocycles. The van der Waals surface area contributed by atoms with Gasteiger partial charge in [-0.2, -0.15) is 0 Å². The summed E-state index contributed by atoms with van der Waals surface area (Å²) in [4.78, 5) is 13.6. The zero-order chi connectivity index (χ0) is 12.3. The fourth-order valence-corrected chi connectivity index (χ4v) is 2.92. The molecule has 0 aromatic heterocycles. The number of rotatable bonds is 2. The molecule has 17 heavy (non-hydrogen) atoms. The van der Waals surface area contributed by atoms with Gasteiger partial charge in [0.05, 0.1) is 12.2 Å². The van der Waals surface area contributed by atoms with Crippen molar-refractivity contribution in [3.05, 3.63) is 0 Å². The second kappa shape index (κ2) is 5.83. The lowest BCUT2D eigenvalue weighted by atomic mass is 9.96. The Kier molecular flexibility index (Phi) is 4.40. The summed E-state index contributed by atoms with van der Waals surface area (Å²) >= 11 is 0. The Morgan fingerprint density at radius 2 is 1.53 bits per heavy atom. The van der Waals surface area contributed by atoms with E-state index in [4.69, 9.17) is 0 Å². The molecule has 4 heteroatoms. The van der Waals surface area contributed by atoms with Crippen LogP contribution in [0.5, 0.6) is 0 Å². The lowest BCUT2D eigenvalue weighted by Crippen LogP contribution is -2.31. The van der Waals surface area contributed by atoms with Gasteiger partial charge in [-0.1, -0.05) is 25.7 Å². The average Bonchev–Trinajstić information content (AvgIpc) is 2.54. The third-order valence-corrected chi connectivity index (χ3v) is 4.05.